The number of nitrogens with zero attached hydrogens (tertiary/aromatic N) is 2. The van der Waals surface area contributed by atoms with Gasteiger partial charge < -0.3 is 19.1 Å². The number of rotatable bonds is 11. The lowest BCUT2D eigenvalue weighted by atomic mass is 9.71. The van der Waals surface area contributed by atoms with Crippen LogP contribution in [0.5, 0.6) is 11.5 Å². The van der Waals surface area contributed by atoms with Gasteiger partial charge in [-0.2, -0.15) is 0 Å². The van der Waals surface area contributed by atoms with Crippen molar-refractivity contribution < 1.29 is 28.7 Å². The number of hydrogen-bond acceptors (Lipinski definition) is 8. The molecule has 5 rings (SSSR count). The molecule has 1 aliphatic heterocycles. The number of allylic oxidation sites excluding steroid dienone is 4. The fourth-order valence-electron chi connectivity index (χ4n) is 6.26. The van der Waals surface area contributed by atoms with Gasteiger partial charge >= 0.3 is 0 Å². The van der Waals surface area contributed by atoms with Crippen molar-refractivity contribution in [1.82, 2.24) is 4.90 Å². The van der Waals surface area contributed by atoms with Gasteiger partial charge in [-0.05, 0) is 78.2 Å². The molecule has 2 aliphatic carbocycles. The maximum atomic E-state index is 13.6. The fraction of sp³-hybridized carbons (Fsp3) is 0.438. The molecule has 222 valence electrons. The third kappa shape index (κ3) is 6.01. The monoisotopic (exact) mass is 638 g/mol. The number of nitro groups is 1. The number of ether oxygens (including phenoxy) is 3. The average molecular weight is 640 g/mol. The van der Waals surface area contributed by atoms with Gasteiger partial charge in [0, 0.05) is 73.7 Å². The Kier molecular flexibility index (Phi) is 9.43. The van der Waals surface area contributed by atoms with E-state index in [9.17, 15) is 19.7 Å². The normalized spacial score (nSPS) is 17.4. The van der Waals surface area contributed by atoms with E-state index >= 15 is 0 Å². The largest absolute Gasteiger partial charge is 0.490 e. The highest BCUT2D eigenvalue weighted by Gasteiger charge is 2.43. The number of benzene rings is 2. The second kappa shape index (κ2) is 13.2. The van der Waals surface area contributed by atoms with E-state index in [4.69, 9.17) is 14.2 Å². The first-order valence-corrected chi connectivity index (χ1v) is 15.2. The summed E-state index contributed by atoms with van der Waals surface area (Å²) in [6.45, 7) is 3.66. The number of carbonyl (C=O) groups excluding carboxylic acids is 2. The van der Waals surface area contributed by atoms with Gasteiger partial charge in [0.15, 0.2) is 23.1 Å². The zero-order valence-electron chi connectivity index (χ0n) is 23.9. The quantitative estimate of drug-likeness (QED) is 0.150. The van der Waals surface area contributed by atoms with Gasteiger partial charge in [0.05, 0.1) is 16.0 Å². The Morgan fingerprint density at radius 3 is 2.31 bits per heavy atom. The zero-order chi connectivity index (χ0) is 29.8. The second-order valence-corrected chi connectivity index (χ2v) is 11.5. The number of carbonyl (C=O) groups is 2. The third-order valence-electron chi connectivity index (χ3n) is 7.99. The summed E-state index contributed by atoms with van der Waals surface area (Å²) in [7, 11) is 1.68. The molecule has 0 amide bonds. The average Bonchev–Trinajstić information content (AvgIpc) is 2.97. The summed E-state index contributed by atoms with van der Waals surface area (Å²) < 4.78 is 18.1. The smallest absolute Gasteiger partial charge is 0.269 e. The van der Waals surface area contributed by atoms with Gasteiger partial charge in [0.2, 0.25) is 0 Å². The van der Waals surface area contributed by atoms with Crippen LogP contribution in [0.25, 0.3) is 0 Å². The third-order valence-corrected chi connectivity index (χ3v) is 8.58. The van der Waals surface area contributed by atoms with Gasteiger partial charge in [-0.1, -0.05) is 12.1 Å². The van der Waals surface area contributed by atoms with Crippen LogP contribution >= 0.6 is 15.9 Å². The van der Waals surface area contributed by atoms with Crippen LogP contribution in [-0.4, -0.2) is 48.3 Å². The van der Waals surface area contributed by atoms with Crippen molar-refractivity contribution in [3.63, 3.8) is 0 Å². The molecular formula is C32H35BrN2O7. The van der Waals surface area contributed by atoms with Crippen LogP contribution in [0.1, 0.15) is 68.9 Å². The molecule has 0 unspecified atom stereocenters. The molecule has 2 aromatic carbocycles. The van der Waals surface area contributed by atoms with Crippen molar-refractivity contribution >= 4 is 33.2 Å². The summed E-state index contributed by atoms with van der Waals surface area (Å²) in [6, 6.07) is 10.1. The molecule has 0 bridgehead atoms. The second-order valence-electron chi connectivity index (χ2n) is 10.7. The van der Waals surface area contributed by atoms with Crippen molar-refractivity contribution in [3.8, 4) is 11.5 Å². The maximum Gasteiger partial charge on any atom is 0.269 e. The highest BCUT2D eigenvalue weighted by atomic mass is 79.9. The van der Waals surface area contributed by atoms with Gasteiger partial charge in [-0.25, -0.2) is 0 Å². The van der Waals surface area contributed by atoms with Crippen LogP contribution in [0, 0.1) is 10.1 Å². The van der Waals surface area contributed by atoms with Crippen molar-refractivity contribution in [3.05, 3.63) is 84.7 Å². The van der Waals surface area contributed by atoms with E-state index in [0.717, 1.165) is 49.1 Å². The molecule has 0 saturated carbocycles. The Balaban J connectivity index is 1.57. The van der Waals surface area contributed by atoms with Crippen LogP contribution in [0.15, 0.2) is 63.4 Å². The van der Waals surface area contributed by atoms with Crippen molar-refractivity contribution in [2.45, 2.75) is 64.4 Å². The molecule has 0 aromatic heterocycles. The molecule has 9 nitrogen and oxygen atoms in total. The predicted molar refractivity (Wildman–Crippen MR) is 160 cm³/mol. The van der Waals surface area contributed by atoms with E-state index in [0.29, 0.717) is 65.3 Å². The number of Topliss-reactive ketones (excluding diaryl/α,β-unsaturated/α-hetero) is 2. The molecule has 0 N–H and O–H groups in total. The lowest BCUT2D eigenvalue weighted by molar-refractivity contribution is -0.384. The highest BCUT2D eigenvalue weighted by Crippen LogP contribution is 2.51. The first kappa shape index (κ1) is 30.0. The zero-order valence-corrected chi connectivity index (χ0v) is 25.5. The minimum atomic E-state index is -0.476. The van der Waals surface area contributed by atoms with E-state index in [-0.39, 0.29) is 23.9 Å². The summed E-state index contributed by atoms with van der Waals surface area (Å²) in [6.07, 6.45) is 4.89. The molecule has 3 aliphatic rings. The SMILES string of the molecule is CCOc1cc(C2C3=C(CCCC3=O)N(CCCOC)C3=C2C(=O)CCC3)cc(Br)c1OCc1cccc([N+](=O)[O-])c1. The highest BCUT2D eigenvalue weighted by molar-refractivity contribution is 9.10. The lowest BCUT2D eigenvalue weighted by Crippen LogP contribution is -2.39. The lowest BCUT2D eigenvalue weighted by Gasteiger charge is -2.44. The number of nitro benzene ring substituents is 1. The van der Waals surface area contributed by atoms with Gasteiger partial charge in [0.1, 0.15) is 6.61 Å². The summed E-state index contributed by atoms with van der Waals surface area (Å²) in [5.74, 6) is 0.629. The summed E-state index contributed by atoms with van der Waals surface area (Å²) in [4.78, 5) is 40.2. The Morgan fingerprint density at radius 2 is 1.69 bits per heavy atom. The number of ketones is 2. The number of hydrogen-bond donors (Lipinski definition) is 0. The van der Waals surface area contributed by atoms with Crippen LogP contribution < -0.4 is 9.47 Å². The van der Waals surface area contributed by atoms with Crippen LogP contribution in [0.4, 0.5) is 5.69 Å². The minimum absolute atomic E-state index is 0.00781. The van der Waals surface area contributed by atoms with Crippen LogP contribution in [-0.2, 0) is 20.9 Å². The molecule has 0 atom stereocenters. The molecule has 0 spiro atoms. The van der Waals surface area contributed by atoms with E-state index in [2.05, 4.69) is 20.8 Å². The van der Waals surface area contributed by atoms with E-state index in [1.54, 1.807) is 19.2 Å². The van der Waals surface area contributed by atoms with Crippen molar-refractivity contribution in [2.24, 2.45) is 0 Å². The molecule has 42 heavy (non-hydrogen) atoms. The number of non-ortho nitro benzene ring substituents is 1. The number of methoxy groups -OCH3 is 1. The van der Waals surface area contributed by atoms with Crippen molar-refractivity contribution in [1.29, 1.82) is 0 Å². The predicted octanol–water partition coefficient (Wildman–Crippen LogP) is 6.78. The molecule has 0 fully saturated rings. The molecule has 0 saturated heterocycles. The summed E-state index contributed by atoms with van der Waals surface area (Å²) in [5, 5.41) is 11.2. The van der Waals surface area contributed by atoms with Gasteiger partial charge in [0.25, 0.3) is 5.69 Å². The first-order valence-electron chi connectivity index (χ1n) is 14.4. The van der Waals surface area contributed by atoms with Crippen LogP contribution in [0.2, 0.25) is 0 Å². The van der Waals surface area contributed by atoms with Crippen molar-refractivity contribution in [2.75, 3.05) is 26.9 Å². The number of halogens is 1. The standard InChI is InChI=1S/C32H35BrN2O7/c1-3-41-28-18-21(17-23(33)32(28)42-19-20-8-4-9-22(16-20)35(38)39)29-30-24(10-5-12-26(30)36)34(14-7-15-40-2)25-11-6-13-27(37)31(25)29/h4,8-9,16-18,29H,3,5-7,10-15,19H2,1-2H3. The fourth-order valence-corrected chi connectivity index (χ4v) is 6.83. The van der Waals surface area contributed by atoms with Gasteiger partial charge in [-0.3, -0.25) is 19.7 Å². The molecule has 10 heteroatoms. The Hall–Kier alpha value is -3.50. The Morgan fingerprint density at radius 1 is 1.00 bits per heavy atom. The molecule has 2 aromatic rings. The Labute approximate surface area is 253 Å². The summed E-state index contributed by atoms with van der Waals surface area (Å²) in [5.41, 5.74) is 4.93. The summed E-state index contributed by atoms with van der Waals surface area (Å²) >= 11 is 3.67. The van der Waals surface area contributed by atoms with Crippen LogP contribution in [0.3, 0.4) is 0 Å². The molecular weight excluding hydrogens is 604 g/mol. The first-order chi connectivity index (χ1) is 20.3. The van der Waals surface area contributed by atoms with E-state index in [1.807, 2.05) is 19.1 Å². The molecule has 0 radical (unpaired) electrons. The molecule has 1 heterocycles. The minimum Gasteiger partial charge on any atom is -0.490 e. The van der Waals surface area contributed by atoms with E-state index < -0.39 is 10.8 Å². The topological polar surface area (TPSA) is 108 Å². The van der Waals surface area contributed by atoms with Gasteiger partial charge in [-0.15, -0.1) is 0 Å². The van der Waals surface area contributed by atoms with E-state index in [1.165, 1.54) is 12.1 Å². The Bertz CT molecular complexity index is 1420. The maximum absolute atomic E-state index is 13.6.